The number of carbonyl (C=O) groups excluding carboxylic acids is 1. The maximum Gasteiger partial charge on any atom is 0.227 e. The summed E-state index contributed by atoms with van der Waals surface area (Å²) < 4.78 is 0. The average molecular weight is 212 g/mol. The van der Waals surface area contributed by atoms with E-state index in [0.717, 1.165) is 25.8 Å². The summed E-state index contributed by atoms with van der Waals surface area (Å²) in [6, 6.07) is 0.531. The zero-order chi connectivity index (χ0) is 11.3. The minimum Gasteiger partial charge on any atom is -0.339 e. The summed E-state index contributed by atoms with van der Waals surface area (Å²) in [5, 5.41) is 0. The second kappa shape index (κ2) is 6.11. The molecule has 88 valence electrons. The van der Waals surface area contributed by atoms with Gasteiger partial charge in [-0.25, -0.2) is 0 Å². The molecule has 0 heterocycles. The second-order valence-electron chi connectivity index (χ2n) is 4.48. The third-order valence-corrected chi connectivity index (χ3v) is 3.01. The molecule has 1 unspecified atom stereocenters. The van der Waals surface area contributed by atoms with Crippen LogP contribution in [0.3, 0.4) is 0 Å². The summed E-state index contributed by atoms with van der Waals surface area (Å²) in [6.45, 7) is 5.64. The van der Waals surface area contributed by atoms with Crippen LogP contribution in [0.15, 0.2) is 0 Å². The van der Waals surface area contributed by atoms with Gasteiger partial charge in [0.15, 0.2) is 0 Å². The van der Waals surface area contributed by atoms with Crippen molar-refractivity contribution in [1.29, 1.82) is 0 Å². The molecule has 1 aliphatic carbocycles. The summed E-state index contributed by atoms with van der Waals surface area (Å²) in [4.78, 5) is 14.2. The Balaban J connectivity index is 2.52. The maximum absolute atomic E-state index is 12.2. The highest BCUT2D eigenvalue weighted by molar-refractivity contribution is 5.79. The summed E-state index contributed by atoms with van der Waals surface area (Å²) >= 11 is 0. The van der Waals surface area contributed by atoms with Crippen LogP contribution in [-0.4, -0.2) is 29.9 Å². The number of rotatable bonds is 7. The molecule has 3 heteroatoms. The summed E-state index contributed by atoms with van der Waals surface area (Å²) in [5.41, 5.74) is 5.67. The Labute approximate surface area is 93.0 Å². The lowest BCUT2D eigenvalue weighted by atomic mass is 10.0. The molecule has 2 N–H and O–H groups in total. The fourth-order valence-corrected chi connectivity index (χ4v) is 2.02. The van der Waals surface area contributed by atoms with Crippen LogP contribution in [0.25, 0.3) is 0 Å². The third-order valence-electron chi connectivity index (χ3n) is 3.01. The van der Waals surface area contributed by atoms with Gasteiger partial charge in [-0.15, -0.1) is 0 Å². The van der Waals surface area contributed by atoms with Crippen molar-refractivity contribution in [2.75, 3.05) is 13.1 Å². The first-order valence-corrected chi connectivity index (χ1v) is 6.25. The number of carbonyl (C=O) groups is 1. The van der Waals surface area contributed by atoms with Gasteiger partial charge in [-0.3, -0.25) is 4.79 Å². The van der Waals surface area contributed by atoms with Crippen LogP contribution in [0.4, 0.5) is 0 Å². The number of hydrogen-bond donors (Lipinski definition) is 1. The number of amides is 1. The second-order valence-corrected chi connectivity index (χ2v) is 4.48. The van der Waals surface area contributed by atoms with Gasteiger partial charge in [-0.1, -0.05) is 20.3 Å². The highest BCUT2D eigenvalue weighted by atomic mass is 16.2. The van der Waals surface area contributed by atoms with Gasteiger partial charge in [-0.05, 0) is 25.7 Å². The lowest BCUT2D eigenvalue weighted by Crippen LogP contribution is -2.41. The highest BCUT2D eigenvalue weighted by Crippen LogP contribution is 2.28. The molecule has 1 rings (SSSR count). The summed E-state index contributed by atoms with van der Waals surface area (Å²) in [6.07, 6.45) is 5.40. The van der Waals surface area contributed by atoms with Crippen LogP contribution >= 0.6 is 0 Å². The van der Waals surface area contributed by atoms with Crippen molar-refractivity contribution in [3.8, 4) is 0 Å². The number of nitrogens with zero attached hydrogens (tertiary/aromatic N) is 1. The Morgan fingerprint density at radius 3 is 2.47 bits per heavy atom. The first-order valence-electron chi connectivity index (χ1n) is 6.25. The minimum absolute atomic E-state index is 0.0575. The molecule has 0 saturated heterocycles. The van der Waals surface area contributed by atoms with E-state index in [0.29, 0.717) is 18.5 Å². The van der Waals surface area contributed by atoms with Crippen molar-refractivity contribution in [2.24, 2.45) is 11.7 Å². The number of hydrogen-bond acceptors (Lipinski definition) is 2. The molecule has 1 atom stereocenters. The molecule has 0 bridgehead atoms. The molecule has 3 nitrogen and oxygen atoms in total. The predicted octanol–water partition coefficient (Wildman–Crippen LogP) is 1.76. The Hall–Kier alpha value is -0.570. The van der Waals surface area contributed by atoms with Crippen LogP contribution in [-0.2, 0) is 4.79 Å². The fourth-order valence-electron chi connectivity index (χ4n) is 2.02. The van der Waals surface area contributed by atoms with Gasteiger partial charge in [0.1, 0.15) is 0 Å². The monoisotopic (exact) mass is 212 g/mol. The molecule has 1 saturated carbocycles. The topological polar surface area (TPSA) is 46.3 Å². The molecule has 0 spiro atoms. The maximum atomic E-state index is 12.2. The molecule has 0 aromatic carbocycles. The fraction of sp³-hybridized carbons (Fsp3) is 0.917. The number of nitrogens with two attached hydrogens (primary N) is 1. The molecular weight excluding hydrogens is 188 g/mol. The molecule has 0 aromatic heterocycles. The lowest BCUT2D eigenvalue weighted by Gasteiger charge is -2.26. The normalized spacial score (nSPS) is 17.5. The standard InChI is InChI=1S/C12H24N2O/c1-3-5-10(9-13)12(15)14(8-4-2)11-6-7-11/h10-11H,3-9,13H2,1-2H3. The van der Waals surface area contributed by atoms with Crippen LogP contribution < -0.4 is 5.73 Å². The molecule has 0 aliphatic heterocycles. The van der Waals surface area contributed by atoms with Gasteiger partial charge in [0.2, 0.25) is 5.91 Å². The Morgan fingerprint density at radius 2 is 2.07 bits per heavy atom. The predicted molar refractivity (Wildman–Crippen MR) is 62.5 cm³/mol. The van der Waals surface area contributed by atoms with E-state index < -0.39 is 0 Å². The van der Waals surface area contributed by atoms with E-state index in [1.54, 1.807) is 0 Å². The van der Waals surface area contributed by atoms with Crippen molar-refractivity contribution in [3.05, 3.63) is 0 Å². The van der Waals surface area contributed by atoms with E-state index in [1.165, 1.54) is 12.8 Å². The molecule has 1 amide bonds. The zero-order valence-corrected chi connectivity index (χ0v) is 10.0. The van der Waals surface area contributed by atoms with Crippen LogP contribution in [0.2, 0.25) is 0 Å². The van der Waals surface area contributed by atoms with Crippen molar-refractivity contribution < 1.29 is 4.79 Å². The quantitative estimate of drug-likeness (QED) is 0.699. The van der Waals surface area contributed by atoms with Gasteiger partial charge in [0.25, 0.3) is 0 Å². The van der Waals surface area contributed by atoms with Gasteiger partial charge < -0.3 is 10.6 Å². The Morgan fingerprint density at radius 1 is 1.40 bits per heavy atom. The van der Waals surface area contributed by atoms with Crippen molar-refractivity contribution in [3.63, 3.8) is 0 Å². The van der Waals surface area contributed by atoms with E-state index in [-0.39, 0.29) is 5.92 Å². The minimum atomic E-state index is 0.0575. The van der Waals surface area contributed by atoms with Crippen LogP contribution in [0, 0.1) is 5.92 Å². The lowest BCUT2D eigenvalue weighted by molar-refractivity contribution is -0.136. The largest absolute Gasteiger partial charge is 0.339 e. The van der Waals surface area contributed by atoms with E-state index >= 15 is 0 Å². The van der Waals surface area contributed by atoms with Crippen molar-refractivity contribution >= 4 is 5.91 Å². The van der Waals surface area contributed by atoms with E-state index in [2.05, 4.69) is 18.7 Å². The smallest absolute Gasteiger partial charge is 0.227 e. The zero-order valence-electron chi connectivity index (χ0n) is 10.0. The van der Waals surface area contributed by atoms with E-state index in [1.807, 2.05) is 0 Å². The summed E-state index contributed by atoms with van der Waals surface area (Å²) in [7, 11) is 0. The molecule has 15 heavy (non-hydrogen) atoms. The van der Waals surface area contributed by atoms with Gasteiger partial charge in [0.05, 0.1) is 5.92 Å². The third kappa shape index (κ3) is 3.49. The van der Waals surface area contributed by atoms with Gasteiger partial charge in [0, 0.05) is 19.1 Å². The Bertz CT molecular complexity index is 202. The van der Waals surface area contributed by atoms with Gasteiger partial charge in [-0.2, -0.15) is 0 Å². The first-order chi connectivity index (χ1) is 7.24. The molecule has 0 aromatic rings. The van der Waals surface area contributed by atoms with Crippen LogP contribution in [0.5, 0.6) is 0 Å². The molecule has 0 radical (unpaired) electrons. The van der Waals surface area contributed by atoms with Crippen molar-refractivity contribution in [1.82, 2.24) is 4.90 Å². The van der Waals surface area contributed by atoms with Crippen LogP contribution in [0.1, 0.15) is 46.0 Å². The average Bonchev–Trinajstić information content (AvgIpc) is 3.05. The first kappa shape index (κ1) is 12.5. The van der Waals surface area contributed by atoms with Crippen molar-refractivity contribution in [2.45, 2.75) is 52.0 Å². The molecule has 1 aliphatic rings. The highest BCUT2D eigenvalue weighted by Gasteiger charge is 2.34. The Kier molecular flexibility index (Phi) is 5.09. The van der Waals surface area contributed by atoms with Gasteiger partial charge >= 0.3 is 0 Å². The molecular formula is C12H24N2O. The SMILES string of the molecule is CCCC(CN)C(=O)N(CCC)C1CC1. The van der Waals surface area contributed by atoms with E-state index in [4.69, 9.17) is 5.73 Å². The van der Waals surface area contributed by atoms with E-state index in [9.17, 15) is 4.79 Å². The summed E-state index contributed by atoms with van der Waals surface area (Å²) in [5.74, 6) is 0.353. The molecule has 1 fully saturated rings.